The summed E-state index contributed by atoms with van der Waals surface area (Å²) in [7, 11) is 0. The Balaban J connectivity index is 1.69. The minimum absolute atomic E-state index is 0.0687. The van der Waals surface area contributed by atoms with E-state index in [-0.39, 0.29) is 22.4 Å². The average molecular weight is 364 g/mol. The molecule has 8 heteroatoms. The summed E-state index contributed by atoms with van der Waals surface area (Å²) < 4.78 is 13.9. The van der Waals surface area contributed by atoms with Crippen molar-refractivity contribution in [1.82, 2.24) is 4.90 Å². The Labute approximate surface area is 148 Å². The summed E-state index contributed by atoms with van der Waals surface area (Å²) in [6.45, 7) is 1.88. The van der Waals surface area contributed by atoms with Crippen molar-refractivity contribution in [3.8, 4) is 0 Å². The van der Waals surface area contributed by atoms with Crippen molar-refractivity contribution in [2.75, 3.05) is 31.1 Å². The number of nitro groups is 1. The first-order valence-corrected chi connectivity index (χ1v) is 8.08. The van der Waals surface area contributed by atoms with Gasteiger partial charge in [-0.2, -0.15) is 0 Å². The van der Waals surface area contributed by atoms with Crippen LogP contribution in [0.1, 0.15) is 10.4 Å². The number of carbonyl (C=O) groups excluding carboxylic acids is 1. The summed E-state index contributed by atoms with van der Waals surface area (Å²) in [5.41, 5.74) is 0.588. The van der Waals surface area contributed by atoms with Crippen molar-refractivity contribution in [1.29, 1.82) is 0 Å². The van der Waals surface area contributed by atoms with Gasteiger partial charge in [0.25, 0.3) is 11.6 Å². The lowest BCUT2D eigenvalue weighted by molar-refractivity contribution is -0.384. The minimum Gasteiger partial charge on any atom is -0.366 e. The Kier molecular flexibility index (Phi) is 4.85. The molecular formula is C17H15ClFN3O3. The maximum absolute atomic E-state index is 13.9. The van der Waals surface area contributed by atoms with Gasteiger partial charge in [-0.05, 0) is 24.3 Å². The lowest BCUT2D eigenvalue weighted by Gasteiger charge is -2.36. The van der Waals surface area contributed by atoms with Crippen molar-refractivity contribution in [3.05, 3.63) is 69.0 Å². The highest BCUT2D eigenvalue weighted by molar-refractivity contribution is 6.33. The normalized spacial score (nSPS) is 14.5. The predicted octanol–water partition coefficient (Wildman–Crippen LogP) is 3.35. The van der Waals surface area contributed by atoms with Crippen molar-refractivity contribution in [3.63, 3.8) is 0 Å². The number of hydrogen-bond donors (Lipinski definition) is 0. The number of rotatable bonds is 3. The molecule has 1 heterocycles. The Hall–Kier alpha value is -2.67. The molecular weight excluding hydrogens is 349 g/mol. The van der Waals surface area contributed by atoms with E-state index in [1.54, 1.807) is 23.1 Å². The number of nitro benzene ring substituents is 1. The van der Waals surface area contributed by atoms with Crippen LogP contribution in [0, 0.1) is 15.9 Å². The molecule has 1 saturated heterocycles. The number of piperazine rings is 1. The van der Waals surface area contributed by atoms with Crippen molar-refractivity contribution >= 4 is 28.9 Å². The van der Waals surface area contributed by atoms with E-state index in [2.05, 4.69) is 0 Å². The lowest BCUT2D eigenvalue weighted by atomic mass is 10.1. The summed E-state index contributed by atoms with van der Waals surface area (Å²) in [6.07, 6.45) is 0. The van der Waals surface area contributed by atoms with Gasteiger partial charge in [0.15, 0.2) is 0 Å². The molecule has 0 bridgehead atoms. The molecule has 1 aliphatic heterocycles. The molecule has 0 saturated carbocycles. The zero-order valence-corrected chi connectivity index (χ0v) is 13.9. The molecule has 0 atom stereocenters. The highest BCUT2D eigenvalue weighted by Gasteiger charge is 2.24. The molecule has 0 aliphatic carbocycles. The largest absolute Gasteiger partial charge is 0.366 e. The topological polar surface area (TPSA) is 66.7 Å². The monoisotopic (exact) mass is 363 g/mol. The molecule has 25 heavy (non-hydrogen) atoms. The van der Waals surface area contributed by atoms with Crippen LogP contribution in [0.4, 0.5) is 15.8 Å². The number of benzene rings is 2. The summed E-state index contributed by atoms with van der Waals surface area (Å²) in [5, 5.41) is 10.7. The fourth-order valence-corrected chi connectivity index (χ4v) is 3.08. The number of anilines is 1. The molecule has 1 fully saturated rings. The van der Waals surface area contributed by atoms with Crippen LogP contribution < -0.4 is 4.90 Å². The first-order valence-electron chi connectivity index (χ1n) is 7.70. The highest BCUT2D eigenvalue weighted by atomic mass is 35.5. The van der Waals surface area contributed by atoms with Gasteiger partial charge in [-0.25, -0.2) is 4.39 Å². The van der Waals surface area contributed by atoms with Crippen molar-refractivity contribution in [2.45, 2.75) is 0 Å². The fourth-order valence-electron chi connectivity index (χ4n) is 2.83. The van der Waals surface area contributed by atoms with Gasteiger partial charge in [-0.15, -0.1) is 0 Å². The Morgan fingerprint density at radius 2 is 1.80 bits per heavy atom. The number of carbonyl (C=O) groups is 1. The second-order valence-corrected chi connectivity index (χ2v) is 6.06. The van der Waals surface area contributed by atoms with E-state index in [1.807, 2.05) is 4.90 Å². The quantitative estimate of drug-likeness (QED) is 0.619. The van der Waals surface area contributed by atoms with Crippen LogP contribution in [0.5, 0.6) is 0 Å². The van der Waals surface area contributed by atoms with E-state index in [4.69, 9.17) is 11.6 Å². The van der Waals surface area contributed by atoms with E-state index in [0.717, 1.165) is 0 Å². The van der Waals surface area contributed by atoms with Crippen LogP contribution in [0.3, 0.4) is 0 Å². The number of halogens is 2. The summed E-state index contributed by atoms with van der Waals surface area (Å²) in [5.74, 6) is -0.533. The molecule has 0 N–H and O–H groups in total. The maximum atomic E-state index is 13.9. The molecule has 0 aromatic heterocycles. The number of nitrogens with zero attached hydrogens (tertiary/aromatic N) is 3. The molecule has 0 radical (unpaired) electrons. The van der Waals surface area contributed by atoms with Gasteiger partial charge in [0.05, 0.1) is 10.6 Å². The third-order valence-electron chi connectivity index (χ3n) is 4.15. The fraction of sp³-hybridized carbons (Fsp3) is 0.235. The second-order valence-electron chi connectivity index (χ2n) is 5.65. The predicted molar refractivity (Wildman–Crippen MR) is 92.6 cm³/mol. The van der Waals surface area contributed by atoms with Crippen LogP contribution in [0.15, 0.2) is 42.5 Å². The number of hydrogen-bond acceptors (Lipinski definition) is 4. The second kappa shape index (κ2) is 7.06. The molecule has 2 aromatic rings. The molecule has 1 aliphatic rings. The molecule has 3 rings (SSSR count). The van der Waals surface area contributed by atoms with Gasteiger partial charge in [0.1, 0.15) is 10.8 Å². The Morgan fingerprint density at radius 1 is 1.12 bits per heavy atom. The molecule has 1 amide bonds. The van der Waals surface area contributed by atoms with Crippen molar-refractivity contribution in [2.24, 2.45) is 0 Å². The van der Waals surface area contributed by atoms with E-state index in [9.17, 15) is 19.3 Å². The van der Waals surface area contributed by atoms with Gasteiger partial charge in [0, 0.05) is 37.8 Å². The standard InChI is InChI=1S/C17H15ClFN3O3/c18-13-11-12(5-6-15(13)22(24)25)17(23)21-9-7-20(8-10-21)16-4-2-1-3-14(16)19/h1-6,11H,7-10H2. The zero-order valence-electron chi connectivity index (χ0n) is 13.2. The van der Waals surface area contributed by atoms with Crippen LogP contribution in [0.2, 0.25) is 5.02 Å². The minimum atomic E-state index is -0.593. The first-order chi connectivity index (χ1) is 12.0. The van der Waals surface area contributed by atoms with Gasteiger partial charge in [0.2, 0.25) is 0 Å². The molecule has 130 valence electrons. The lowest BCUT2D eigenvalue weighted by Crippen LogP contribution is -2.49. The van der Waals surface area contributed by atoms with E-state index >= 15 is 0 Å². The van der Waals surface area contributed by atoms with E-state index in [1.165, 1.54) is 24.3 Å². The Bertz CT molecular complexity index is 823. The van der Waals surface area contributed by atoms with Crippen molar-refractivity contribution < 1.29 is 14.1 Å². The highest BCUT2D eigenvalue weighted by Crippen LogP contribution is 2.26. The maximum Gasteiger partial charge on any atom is 0.287 e. The number of para-hydroxylation sites is 1. The van der Waals surface area contributed by atoms with E-state index < -0.39 is 4.92 Å². The van der Waals surface area contributed by atoms with Gasteiger partial charge >= 0.3 is 0 Å². The SMILES string of the molecule is O=C(c1ccc([N+](=O)[O-])c(Cl)c1)N1CCN(c2ccccc2F)CC1. The van der Waals surface area contributed by atoms with Crippen LogP contribution in [-0.2, 0) is 0 Å². The average Bonchev–Trinajstić information content (AvgIpc) is 2.61. The zero-order chi connectivity index (χ0) is 18.0. The molecule has 2 aromatic carbocycles. The summed E-state index contributed by atoms with van der Waals surface area (Å²) >= 11 is 5.87. The number of amides is 1. The molecule has 0 unspecified atom stereocenters. The molecule has 6 nitrogen and oxygen atoms in total. The van der Waals surface area contributed by atoms with Crippen LogP contribution >= 0.6 is 11.6 Å². The third kappa shape index (κ3) is 3.56. The van der Waals surface area contributed by atoms with Crippen LogP contribution in [0.25, 0.3) is 0 Å². The van der Waals surface area contributed by atoms with Gasteiger partial charge in [-0.3, -0.25) is 14.9 Å². The molecule has 0 spiro atoms. The van der Waals surface area contributed by atoms with E-state index in [0.29, 0.717) is 37.4 Å². The summed E-state index contributed by atoms with van der Waals surface area (Å²) in [6, 6.07) is 10.5. The van der Waals surface area contributed by atoms with Gasteiger partial charge in [-0.1, -0.05) is 23.7 Å². The Morgan fingerprint density at radius 3 is 2.40 bits per heavy atom. The first kappa shape index (κ1) is 17.2. The summed E-state index contributed by atoms with van der Waals surface area (Å²) in [4.78, 5) is 26.3. The third-order valence-corrected chi connectivity index (χ3v) is 4.45. The van der Waals surface area contributed by atoms with Gasteiger partial charge < -0.3 is 9.80 Å². The smallest absolute Gasteiger partial charge is 0.287 e. The van der Waals surface area contributed by atoms with Crippen LogP contribution in [-0.4, -0.2) is 41.9 Å².